The maximum absolute atomic E-state index is 2.45. The average Bonchev–Trinajstić information content (AvgIpc) is 2.83. The molecule has 0 saturated carbocycles. The van der Waals surface area contributed by atoms with Crippen molar-refractivity contribution in [2.45, 2.75) is 200 Å². The summed E-state index contributed by atoms with van der Waals surface area (Å²) >= 11 is 0. The molecule has 0 aromatic heterocycles. The first kappa shape index (κ1) is 32.7. The molecule has 0 saturated heterocycles. The van der Waals surface area contributed by atoms with E-state index in [2.05, 4.69) is 26.0 Å². The van der Waals surface area contributed by atoms with E-state index in [0.29, 0.717) is 0 Å². The van der Waals surface area contributed by atoms with E-state index < -0.39 is 0 Å². The normalized spacial score (nSPS) is 11.7. The van der Waals surface area contributed by atoms with Crippen molar-refractivity contribution in [2.24, 2.45) is 0 Å². The van der Waals surface area contributed by atoms with Crippen LogP contribution in [-0.4, -0.2) is 0 Å². The lowest BCUT2D eigenvalue weighted by Crippen LogP contribution is -1.84. The Morgan fingerprint density at radius 2 is 0.424 bits per heavy atom. The predicted molar refractivity (Wildman–Crippen MR) is 154 cm³/mol. The van der Waals surface area contributed by atoms with Crippen LogP contribution in [-0.2, 0) is 0 Å². The minimum absolute atomic E-state index is 1.31. The summed E-state index contributed by atoms with van der Waals surface area (Å²) < 4.78 is 0. The van der Waals surface area contributed by atoms with Gasteiger partial charge in [-0.05, 0) is 25.7 Å². The van der Waals surface area contributed by atoms with Gasteiger partial charge < -0.3 is 0 Å². The van der Waals surface area contributed by atoms with E-state index in [1.807, 2.05) is 0 Å². The summed E-state index contributed by atoms with van der Waals surface area (Å²) in [6.45, 7) is 4.60. The fourth-order valence-corrected chi connectivity index (χ4v) is 4.97. The average molecular weight is 463 g/mol. The minimum Gasteiger partial charge on any atom is -0.0885 e. The molecule has 198 valence electrons. The molecule has 0 aliphatic heterocycles. The first-order valence-corrected chi connectivity index (χ1v) is 16.1. The second-order valence-electron chi connectivity index (χ2n) is 10.9. The van der Waals surface area contributed by atoms with Crippen LogP contribution in [0.5, 0.6) is 0 Å². The van der Waals surface area contributed by atoms with E-state index >= 15 is 0 Å². The zero-order valence-corrected chi connectivity index (χ0v) is 23.7. The van der Waals surface area contributed by atoms with Crippen molar-refractivity contribution < 1.29 is 0 Å². The Hall–Kier alpha value is -0.260. The molecular weight excluding hydrogens is 396 g/mol. The summed E-state index contributed by atoms with van der Waals surface area (Å²) in [4.78, 5) is 0. The maximum Gasteiger partial charge on any atom is -0.0351 e. The highest BCUT2D eigenvalue weighted by Gasteiger charge is 1.95. The maximum atomic E-state index is 2.45. The van der Waals surface area contributed by atoms with Gasteiger partial charge in [0.25, 0.3) is 0 Å². The van der Waals surface area contributed by atoms with E-state index in [4.69, 9.17) is 0 Å². The van der Waals surface area contributed by atoms with Crippen molar-refractivity contribution in [2.75, 3.05) is 0 Å². The Labute approximate surface area is 212 Å². The van der Waals surface area contributed by atoms with Crippen LogP contribution in [0.2, 0.25) is 0 Å². The van der Waals surface area contributed by atoms with E-state index in [9.17, 15) is 0 Å². The van der Waals surface area contributed by atoms with Gasteiger partial charge in [0.15, 0.2) is 0 Å². The quantitative estimate of drug-likeness (QED) is 0.0765. The second kappa shape index (κ2) is 31.7. The molecule has 0 heteroatoms. The lowest BCUT2D eigenvalue weighted by Gasteiger charge is -2.04. The molecule has 0 aliphatic carbocycles. The summed E-state index contributed by atoms with van der Waals surface area (Å²) in [5, 5.41) is 0. The predicted octanol–water partition coefficient (Wildman–Crippen LogP) is 12.9. The highest BCUT2D eigenvalue weighted by molar-refractivity contribution is 4.81. The second-order valence-corrected chi connectivity index (χ2v) is 10.9. The monoisotopic (exact) mass is 463 g/mol. The van der Waals surface area contributed by atoms with E-state index in [0.717, 1.165) is 0 Å². The fraction of sp³-hybridized carbons (Fsp3) is 0.939. The number of hydrogen-bond acceptors (Lipinski definition) is 0. The van der Waals surface area contributed by atoms with Gasteiger partial charge in [0, 0.05) is 0 Å². The third kappa shape index (κ3) is 31.7. The Bertz CT molecular complexity index is 342. The molecule has 0 atom stereocenters. The molecule has 0 rings (SSSR count). The standard InChI is InChI=1S/C33H66/c1-3-5-7-9-11-13-15-17-19-21-23-25-27-29-31-33-32-30-28-26-24-22-20-18-16-14-12-10-8-6-4-2/h17,19H,3-16,18,20-33H2,1-2H3. The molecule has 0 unspecified atom stereocenters. The number of rotatable bonds is 29. The highest BCUT2D eigenvalue weighted by atomic mass is 14.0. The molecule has 0 amide bonds. The molecule has 33 heavy (non-hydrogen) atoms. The molecular formula is C33H66. The van der Waals surface area contributed by atoms with Crippen LogP contribution in [0.25, 0.3) is 0 Å². The molecule has 0 heterocycles. The van der Waals surface area contributed by atoms with Crippen LogP contribution in [0.3, 0.4) is 0 Å². The molecule has 0 aromatic rings. The van der Waals surface area contributed by atoms with Crippen LogP contribution >= 0.6 is 0 Å². The summed E-state index contributed by atoms with van der Waals surface area (Å²) in [7, 11) is 0. The van der Waals surface area contributed by atoms with E-state index in [1.165, 1.54) is 186 Å². The third-order valence-electron chi connectivity index (χ3n) is 7.37. The summed E-state index contributed by atoms with van der Waals surface area (Å²) in [5.74, 6) is 0. The van der Waals surface area contributed by atoms with E-state index in [1.54, 1.807) is 0 Å². The van der Waals surface area contributed by atoms with Gasteiger partial charge in [-0.1, -0.05) is 187 Å². The zero-order valence-electron chi connectivity index (χ0n) is 23.7. The van der Waals surface area contributed by atoms with Crippen LogP contribution in [0, 0.1) is 0 Å². The van der Waals surface area contributed by atoms with Crippen LogP contribution in [0.4, 0.5) is 0 Å². The van der Waals surface area contributed by atoms with Gasteiger partial charge in [-0.3, -0.25) is 0 Å². The van der Waals surface area contributed by atoms with Gasteiger partial charge in [0.2, 0.25) is 0 Å². The topological polar surface area (TPSA) is 0 Å². The van der Waals surface area contributed by atoms with Crippen LogP contribution in [0.1, 0.15) is 200 Å². The molecule has 0 nitrogen and oxygen atoms in total. The van der Waals surface area contributed by atoms with Gasteiger partial charge in [0.1, 0.15) is 0 Å². The fourth-order valence-electron chi connectivity index (χ4n) is 4.97. The number of allylic oxidation sites excluding steroid dienone is 2. The Morgan fingerprint density at radius 3 is 0.636 bits per heavy atom. The van der Waals surface area contributed by atoms with Crippen molar-refractivity contribution in [3.05, 3.63) is 12.2 Å². The molecule has 0 bridgehead atoms. The molecule has 0 radical (unpaired) electrons. The van der Waals surface area contributed by atoms with Crippen molar-refractivity contribution in [3.8, 4) is 0 Å². The van der Waals surface area contributed by atoms with E-state index in [-0.39, 0.29) is 0 Å². The van der Waals surface area contributed by atoms with Gasteiger partial charge in [-0.25, -0.2) is 0 Å². The van der Waals surface area contributed by atoms with Crippen molar-refractivity contribution in [3.63, 3.8) is 0 Å². The lowest BCUT2D eigenvalue weighted by molar-refractivity contribution is 0.520. The molecule has 0 spiro atoms. The Morgan fingerprint density at radius 1 is 0.242 bits per heavy atom. The lowest BCUT2D eigenvalue weighted by atomic mass is 10.0. The smallest absolute Gasteiger partial charge is 0.0351 e. The van der Waals surface area contributed by atoms with Gasteiger partial charge in [-0.15, -0.1) is 0 Å². The molecule has 0 fully saturated rings. The summed E-state index contributed by atoms with van der Waals surface area (Å²) in [6, 6.07) is 0. The summed E-state index contributed by atoms with van der Waals surface area (Å²) in [5.41, 5.74) is 0. The van der Waals surface area contributed by atoms with Crippen molar-refractivity contribution in [1.82, 2.24) is 0 Å². The van der Waals surface area contributed by atoms with Gasteiger partial charge in [0.05, 0.1) is 0 Å². The summed E-state index contributed by atoms with van der Waals surface area (Å²) in [6.07, 6.45) is 46.9. The zero-order chi connectivity index (χ0) is 23.9. The SMILES string of the molecule is CCCCCCCCC=CCCCCCCCCCCCCCCCCCCCCCCC. The first-order valence-electron chi connectivity index (χ1n) is 16.1. The van der Waals surface area contributed by atoms with Gasteiger partial charge in [-0.2, -0.15) is 0 Å². The minimum atomic E-state index is 1.31. The Kier molecular flexibility index (Phi) is 31.5. The van der Waals surface area contributed by atoms with Crippen molar-refractivity contribution >= 4 is 0 Å². The Balaban J connectivity index is 3.04. The van der Waals surface area contributed by atoms with Crippen LogP contribution < -0.4 is 0 Å². The third-order valence-corrected chi connectivity index (χ3v) is 7.37. The van der Waals surface area contributed by atoms with Gasteiger partial charge >= 0.3 is 0 Å². The van der Waals surface area contributed by atoms with Crippen molar-refractivity contribution in [1.29, 1.82) is 0 Å². The molecule has 0 aliphatic rings. The number of unbranched alkanes of at least 4 members (excludes halogenated alkanes) is 27. The van der Waals surface area contributed by atoms with Crippen LogP contribution in [0.15, 0.2) is 12.2 Å². The molecule has 0 N–H and O–H groups in total. The molecule has 0 aromatic carbocycles. The largest absolute Gasteiger partial charge is 0.0885 e. The first-order chi connectivity index (χ1) is 16.4. The highest BCUT2D eigenvalue weighted by Crippen LogP contribution is 2.15. The number of hydrogen-bond donors (Lipinski definition) is 0.